The average molecular weight is 355 g/mol. The Labute approximate surface area is 135 Å². The van der Waals surface area contributed by atoms with Crippen LogP contribution in [0.25, 0.3) is 0 Å². The van der Waals surface area contributed by atoms with Gasteiger partial charge >= 0.3 is 0 Å². The summed E-state index contributed by atoms with van der Waals surface area (Å²) in [6, 6.07) is 5.86. The maximum Gasteiger partial charge on any atom is 0.252 e. The highest BCUT2D eigenvalue weighted by atomic mass is 79.9. The molecule has 0 spiro atoms. The summed E-state index contributed by atoms with van der Waals surface area (Å²) in [5.74, 6) is 0.633. The molecule has 0 bridgehead atoms. The van der Waals surface area contributed by atoms with Crippen LogP contribution in [0, 0.1) is 0 Å². The minimum absolute atomic E-state index is 0.0570. The number of amides is 1. The van der Waals surface area contributed by atoms with Crippen LogP contribution in [0.5, 0.6) is 5.75 Å². The third-order valence-corrected chi connectivity index (χ3v) is 4.74. The fourth-order valence-electron chi connectivity index (χ4n) is 2.75. The Kier molecular flexibility index (Phi) is 6.06. The second-order valence-corrected chi connectivity index (χ2v) is 6.22. The summed E-state index contributed by atoms with van der Waals surface area (Å²) in [5, 5.41) is 3.05. The quantitative estimate of drug-likeness (QED) is 0.853. The summed E-state index contributed by atoms with van der Waals surface area (Å²) >= 11 is 3.42. The lowest BCUT2D eigenvalue weighted by atomic mass is 10.1. The molecular formula is C16H23BrN2O2. The van der Waals surface area contributed by atoms with Gasteiger partial charge in [0.05, 0.1) is 12.7 Å². The SMILES string of the molecule is CC[C@@H](CNC(=O)c1cc(OC)ccc1Br)N1CCCC1. The number of methoxy groups -OCH3 is 1. The molecule has 1 saturated heterocycles. The lowest BCUT2D eigenvalue weighted by molar-refractivity contribution is 0.0936. The molecule has 1 aromatic carbocycles. The van der Waals surface area contributed by atoms with E-state index >= 15 is 0 Å². The Morgan fingerprint density at radius 2 is 2.14 bits per heavy atom. The van der Waals surface area contributed by atoms with E-state index in [4.69, 9.17) is 4.74 Å². The second-order valence-electron chi connectivity index (χ2n) is 5.36. The van der Waals surface area contributed by atoms with Gasteiger partial charge in [0.25, 0.3) is 5.91 Å². The van der Waals surface area contributed by atoms with Gasteiger partial charge in [0.1, 0.15) is 5.75 Å². The van der Waals surface area contributed by atoms with Crippen LogP contribution < -0.4 is 10.1 Å². The van der Waals surface area contributed by atoms with Crippen molar-refractivity contribution in [2.75, 3.05) is 26.7 Å². The van der Waals surface area contributed by atoms with Gasteiger partial charge in [-0.15, -0.1) is 0 Å². The van der Waals surface area contributed by atoms with Crippen molar-refractivity contribution in [3.8, 4) is 5.75 Å². The van der Waals surface area contributed by atoms with Gasteiger partial charge in [-0.1, -0.05) is 6.92 Å². The molecule has 21 heavy (non-hydrogen) atoms. The number of nitrogens with one attached hydrogen (secondary N) is 1. The van der Waals surface area contributed by atoms with Gasteiger partial charge in [0.2, 0.25) is 0 Å². The Balaban J connectivity index is 1.97. The molecule has 5 heteroatoms. The van der Waals surface area contributed by atoms with Crippen molar-refractivity contribution in [2.24, 2.45) is 0 Å². The summed E-state index contributed by atoms with van der Waals surface area (Å²) in [6.07, 6.45) is 3.59. The first-order valence-corrected chi connectivity index (χ1v) is 8.30. The molecule has 1 heterocycles. The first kappa shape index (κ1) is 16.3. The van der Waals surface area contributed by atoms with Crippen LogP contribution in [0.3, 0.4) is 0 Å². The molecule has 0 aromatic heterocycles. The number of carbonyl (C=O) groups is 1. The van der Waals surface area contributed by atoms with E-state index in [9.17, 15) is 4.79 Å². The van der Waals surface area contributed by atoms with Crippen LogP contribution in [0.2, 0.25) is 0 Å². The minimum Gasteiger partial charge on any atom is -0.497 e. The van der Waals surface area contributed by atoms with Crippen molar-refractivity contribution in [3.63, 3.8) is 0 Å². The highest BCUT2D eigenvalue weighted by molar-refractivity contribution is 9.10. The van der Waals surface area contributed by atoms with Crippen molar-refractivity contribution < 1.29 is 9.53 Å². The van der Waals surface area contributed by atoms with Gasteiger partial charge in [-0.2, -0.15) is 0 Å². The van der Waals surface area contributed by atoms with Gasteiger partial charge in [-0.25, -0.2) is 0 Å². The molecule has 4 nitrogen and oxygen atoms in total. The predicted molar refractivity (Wildman–Crippen MR) is 87.9 cm³/mol. The number of ether oxygens (including phenoxy) is 1. The van der Waals surface area contributed by atoms with Crippen LogP contribution in [0.15, 0.2) is 22.7 Å². The van der Waals surface area contributed by atoms with Crippen LogP contribution in [-0.4, -0.2) is 43.6 Å². The number of hydrogen-bond donors (Lipinski definition) is 1. The minimum atomic E-state index is -0.0570. The van der Waals surface area contributed by atoms with Crippen molar-refractivity contribution in [3.05, 3.63) is 28.2 Å². The molecule has 0 radical (unpaired) electrons. The van der Waals surface area contributed by atoms with E-state index in [2.05, 4.69) is 33.1 Å². The van der Waals surface area contributed by atoms with E-state index < -0.39 is 0 Å². The molecule has 1 amide bonds. The Morgan fingerprint density at radius 1 is 1.43 bits per heavy atom. The van der Waals surface area contributed by atoms with E-state index in [-0.39, 0.29) is 5.91 Å². The van der Waals surface area contributed by atoms with Gasteiger partial charge in [0, 0.05) is 17.1 Å². The molecule has 1 fully saturated rings. The van der Waals surface area contributed by atoms with Crippen LogP contribution >= 0.6 is 15.9 Å². The Bertz CT molecular complexity index is 487. The molecule has 1 aliphatic heterocycles. The summed E-state index contributed by atoms with van der Waals surface area (Å²) in [4.78, 5) is 14.8. The number of rotatable bonds is 6. The lowest BCUT2D eigenvalue weighted by Gasteiger charge is -2.26. The van der Waals surface area contributed by atoms with Gasteiger partial charge in [0.15, 0.2) is 0 Å². The van der Waals surface area contributed by atoms with Crippen molar-refractivity contribution in [1.82, 2.24) is 10.2 Å². The Morgan fingerprint density at radius 3 is 2.76 bits per heavy atom. The number of hydrogen-bond acceptors (Lipinski definition) is 3. The molecule has 1 atom stereocenters. The molecule has 0 unspecified atom stereocenters. The molecule has 1 aliphatic rings. The highest BCUT2D eigenvalue weighted by Gasteiger charge is 2.21. The first-order chi connectivity index (χ1) is 10.2. The maximum atomic E-state index is 12.4. The van der Waals surface area contributed by atoms with E-state index in [0.717, 1.165) is 24.0 Å². The number of halogens is 1. The first-order valence-electron chi connectivity index (χ1n) is 7.51. The third kappa shape index (κ3) is 4.20. The van der Waals surface area contributed by atoms with Crippen molar-refractivity contribution in [2.45, 2.75) is 32.2 Å². The van der Waals surface area contributed by atoms with Crippen LogP contribution in [0.4, 0.5) is 0 Å². The molecule has 0 saturated carbocycles. The second kappa shape index (κ2) is 7.80. The fraction of sp³-hybridized carbons (Fsp3) is 0.562. The van der Waals surface area contributed by atoms with Gasteiger partial charge < -0.3 is 10.1 Å². The van der Waals surface area contributed by atoms with E-state index in [1.54, 1.807) is 13.2 Å². The number of benzene rings is 1. The molecule has 2 rings (SSSR count). The zero-order valence-corrected chi connectivity index (χ0v) is 14.3. The van der Waals surface area contributed by atoms with E-state index in [0.29, 0.717) is 23.9 Å². The molecular weight excluding hydrogens is 332 g/mol. The zero-order valence-electron chi connectivity index (χ0n) is 12.7. The topological polar surface area (TPSA) is 41.6 Å². The largest absolute Gasteiger partial charge is 0.497 e. The number of carbonyl (C=O) groups excluding carboxylic acids is 1. The standard InChI is InChI=1S/C16H23BrN2O2/c1-3-12(19-8-4-5-9-19)11-18-16(20)14-10-13(21-2)6-7-15(14)17/h6-7,10,12H,3-5,8-9,11H2,1-2H3,(H,18,20)/t12-/m0/s1. The van der Waals surface area contributed by atoms with Crippen molar-refractivity contribution >= 4 is 21.8 Å². The monoisotopic (exact) mass is 354 g/mol. The highest BCUT2D eigenvalue weighted by Crippen LogP contribution is 2.22. The van der Waals surface area contributed by atoms with Gasteiger partial charge in [-0.3, -0.25) is 9.69 Å². The summed E-state index contributed by atoms with van der Waals surface area (Å²) in [5.41, 5.74) is 0.616. The third-order valence-electron chi connectivity index (χ3n) is 4.04. The van der Waals surface area contributed by atoms with Gasteiger partial charge in [-0.05, 0) is 66.5 Å². The molecule has 0 aliphatic carbocycles. The normalized spacial score (nSPS) is 16.7. The van der Waals surface area contributed by atoms with Crippen LogP contribution in [-0.2, 0) is 0 Å². The number of likely N-dealkylation sites (tertiary alicyclic amines) is 1. The van der Waals surface area contributed by atoms with Crippen LogP contribution in [0.1, 0.15) is 36.5 Å². The summed E-state index contributed by atoms with van der Waals surface area (Å²) in [7, 11) is 1.60. The van der Waals surface area contributed by atoms with E-state index in [1.807, 2.05) is 12.1 Å². The summed E-state index contributed by atoms with van der Waals surface area (Å²) in [6.45, 7) is 5.17. The average Bonchev–Trinajstić information content (AvgIpc) is 3.02. The molecule has 1 aromatic rings. The number of nitrogens with zero attached hydrogens (tertiary/aromatic N) is 1. The molecule has 116 valence electrons. The zero-order chi connectivity index (χ0) is 15.2. The lowest BCUT2D eigenvalue weighted by Crippen LogP contribution is -2.42. The fourth-order valence-corrected chi connectivity index (χ4v) is 3.18. The smallest absolute Gasteiger partial charge is 0.252 e. The van der Waals surface area contributed by atoms with E-state index in [1.165, 1.54) is 12.8 Å². The summed E-state index contributed by atoms with van der Waals surface area (Å²) < 4.78 is 5.97. The Hall–Kier alpha value is -1.07. The maximum absolute atomic E-state index is 12.4. The predicted octanol–water partition coefficient (Wildman–Crippen LogP) is 3.06. The molecule has 1 N–H and O–H groups in total. The van der Waals surface area contributed by atoms with Crippen molar-refractivity contribution in [1.29, 1.82) is 0 Å².